The predicted molar refractivity (Wildman–Crippen MR) is 105 cm³/mol. The van der Waals surface area contributed by atoms with Crippen LogP contribution in [0.1, 0.15) is 37.7 Å². The number of aromatic nitrogens is 2. The lowest BCUT2D eigenvalue weighted by Gasteiger charge is -2.42. The molecule has 2 saturated heterocycles. The van der Waals surface area contributed by atoms with Crippen LogP contribution in [0.5, 0.6) is 0 Å². The quantitative estimate of drug-likeness (QED) is 0.632. The standard InChI is InChI=1S/C19H34N6O/c1-5-20-18(21-15-19(23(2)3)7-10-26-11-8-19)25-9-6-16(14-25)17-12-22-24(4)13-17/h12-13,16H,5-11,14-15H2,1-4H3,(H,20,21). The summed E-state index contributed by atoms with van der Waals surface area (Å²) in [5.74, 6) is 1.59. The first-order valence-corrected chi connectivity index (χ1v) is 9.81. The molecule has 3 rings (SSSR count). The molecule has 0 amide bonds. The summed E-state index contributed by atoms with van der Waals surface area (Å²) in [7, 11) is 6.32. The van der Waals surface area contributed by atoms with Crippen molar-refractivity contribution in [2.75, 3.05) is 53.5 Å². The smallest absolute Gasteiger partial charge is 0.194 e. The van der Waals surface area contributed by atoms with Crippen molar-refractivity contribution in [2.45, 2.75) is 37.6 Å². The molecule has 1 atom stereocenters. The Kier molecular flexibility index (Phi) is 6.19. The third-order valence-electron chi connectivity index (χ3n) is 5.91. The second-order valence-corrected chi connectivity index (χ2v) is 7.78. The number of rotatable bonds is 5. The molecule has 1 N–H and O–H groups in total. The van der Waals surface area contributed by atoms with Gasteiger partial charge < -0.3 is 19.9 Å². The third-order valence-corrected chi connectivity index (χ3v) is 5.91. The van der Waals surface area contributed by atoms with Gasteiger partial charge in [-0.15, -0.1) is 0 Å². The number of nitrogens with zero attached hydrogens (tertiary/aromatic N) is 5. The second-order valence-electron chi connectivity index (χ2n) is 7.78. The van der Waals surface area contributed by atoms with Crippen LogP contribution in [0.4, 0.5) is 0 Å². The fourth-order valence-corrected chi connectivity index (χ4v) is 4.02. The summed E-state index contributed by atoms with van der Waals surface area (Å²) < 4.78 is 7.48. The highest BCUT2D eigenvalue weighted by atomic mass is 16.5. The molecule has 7 heteroatoms. The van der Waals surface area contributed by atoms with E-state index in [9.17, 15) is 0 Å². The Morgan fingerprint density at radius 3 is 2.81 bits per heavy atom. The Balaban J connectivity index is 1.69. The molecule has 3 heterocycles. The first-order valence-electron chi connectivity index (χ1n) is 9.81. The number of hydrogen-bond donors (Lipinski definition) is 1. The van der Waals surface area contributed by atoms with Crippen LogP contribution in [0, 0.1) is 0 Å². The van der Waals surface area contributed by atoms with E-state index in [4.69, 9.17) is 9.73 Å². The third kappa shape index (κ3) is 4.20. The number of likely N-dealkylation sites (N-methyl/N-ethyl adjacent to an activating group) is 1. The first-order chi connectivity index (χ1) is 12.5. The highest BCUT2D eigenvalue weighted by Crippen LogP contribution is 2.28. The van der Waals surface area contributed by atoms with Crippen molar-refractivity contribution in [1.82, 2.24) is 24.9 Å². The van der Waals surface area contributed by atoms with Crippen LogP contribution < -0.4 is 5.32 Å². The second kappa shape index (κ2) is 8.39. The molecule has 0 aliphatic carbocycles. The van der Waals surface area contributed by atoms with E-state index < -0.39 is 0 Å². The fourth-order valence-electron chi connectivity index (χ4n) is 4.02. The lowest BCUT2D eigenvalue weighted by Crippen LogP contribution is -2.52. The molecule has 0 saturated carbocycles. The van der Waals surface area contributed by atoms with E-state index in [0.29, 0.717) is 5.92 Å². The van der Waals surface area contributed by atoms with E-state index in [1.165, 1.54) is 5.56 Å². The van der Waals surface area contributed by atoms with Gasteiger partial charge in [0.25, 0.3) is 0 Å². The molecule has 7 nitrogen and oxygen atoms in total. The molecule has 26 heavy (non-hydrogen) atoms. The number of likely N-dealkylation sites (tertiary alicyclic amines) is 1. The lowest BCUT2D eigenvalue weighted by atomic mass is 9.89. The summed E-state index contributed by atoms with van der Waals surface area (Å²) in [4.78, 5) is 9.80. The Bertz CT molecular complexity index is 605. The van der Waals surface area contributed by atoms with Crippen LogP contribution in [0.2, 0.25) is 0 Å². The molecular formula is C19H34N6O. The number of hydrogen-bond acceptors (Lipinski definition) is 4. The van der Waals surface area contributed by atoms with Gasteiger partial charge in [-0.05, 0) is 45.8 Å². The molecule has 0 spiro atoms. The molecule has 1 aromatic rings. The molecular weight excluding hydrogens is 328 g/mol. The molecule has 0 radical (unpaired) electrons. The molecule has 0 bridgehead atoms. The monoisotopic (exact) mass is 362 g/mol. The summed E-state index contributed by atoms with van der Waals surface area (Å²) in [5.41, 5.74) is 1.45. The maximum absolute atomic E-state index is 5.58. The van der Waals surface area contributed by atoms with E-state index in [2.05, 4.69) is 47.4 Å². The SMILES string of the molecule is CCNC(=NCC1(N(C)C)CCOCC1)N1CCC(c2cnn(C)c2)C1. The van der Waals surface area contributed by atoms with Gasteiger partial charge in [0.2, 0.25) is 0 Å². The van der Waals surface area contributed by atoms with E-state index in [-0.39, 0.29) is 5.54 Å². The Hall–Kier alpha value is -1.60. The number of guanidine groups is 1. The Morgan fingerprint density at radius 2 is 2.19 bits per heavy atom. The van der Waals surface area contributed by atoms with Gasteiger partial charge in [-0.3, -0.25) is 9.67 Å². The lowest BCUT2D eigenvalue weighted by molar-refractivity contribution is -0.00262. The number of nitrogens with one attached hydrogen (secondary N) is 1. The zero-order valence-corrected chi connectivity index (χ0v) is 16.7. The zero-order valence-electron chi connectivity index (χ0n) is 16.7. The van der Waals surface area contributed by atoms with Crippen LogP contribution in [-0.2, 0) is 11.8 Å². The van der Waals surface area contributed by atoms with Gasteiger partial charge in [-0.1, -0.05) is 0 Å². The van der Waals surface area contributed by atoms with E-state index >= 15 is 0 Å². The minimum Gasteiger partial charge on any atom is -0.381 e. The summed E-state index contributed by atoms with van der Waals surface area (Å²) in [5, 5.41) is 7.83. The van der Waals surface area contributed by atoms with Crippen LogP contribution in [0.25, 0.3) is 0 Å². The van der Waals surface area contributed by atoms with Crippen molar-refractivity contribution in [3.63, 3.8) is 0 Å². The average Bonchev–Trinajstić information content (AvgIpc) is 3.28. The average molecular weight is 363 g/mol. The van der Waals surface area contributed by atoms with Gasteiger partial charge in [0.05, 0.1) is 12.7 Å². The van der Waals surface area contributed by atoms with E-state index in [1.54, 1.807) is 0 Å². The van der Waals surface area contributed by atoms with Crippen molar-refractivity contribution in [2.24, 2.45) is 12.0 Å². The van der Waals surface area contributed by atoms with Gasteiger partial charge in [0.1, 0.15) is 0 Å². The highest BCUT2D eigenvalue weighted by molar-refractivity contribution is 5.80. The minimum absolute atomic E-state index is 0.112. The molecule has 2 fully saturated rings. The maximum Gasteiger partial charge on any atom is 0.194 e. The van der Waals surface area contributed by atoms with Crippen molar-refractivity contribution in [3.05, 3.63) is 18.0 Å². The Morgan fingerprint density at radius 1 is 1.42 bits per heavy atom. The van der Waals surface area contributed by atoms with Gasteiger partial charge in [0.15, 0.2) is 5.96 Å². The topological polar surface area (TPSA) is 57.9 Å². The zero-order chi connectivity index (χ0) is 18.6. The van der Waals surface area contributed by atoms with Crippen LogP contribution >= 0.6 is 0 Å². The van der Waals surface area contributed by atoms with Gasteiger partial charge in [-0.25, -0.2) is 0 Å². The fraction of sp³-hybridized carbons (Fsp3) is 0.789. The number of aliphatic imine (C=N–C) groups is 1. The summed E-state index contributed by atoms with van der Waals surface area (Å²) >= 11 is 0. The van der Waals surface area contributed by atoms with Gasteiger partial charge in [0, 0.05) is 57.5 Å². The highest BCUT2D eigenvalue weighted by Gasteiger charge is 2.35. The van der Waals surface area contributed by atoms with Crippen LogP contribution in [0.3, 0.4) is 0 Å². The van der Waals surface area contributed by atoms with Crippen molar-refractivity contribution in [3.8, 4) is 0 Å². The predicted octanol–water partition coefficient (Wildman–Crippen LogP) is 1.29. The summed E-state index contributed by atoms with van der Waals surface area (Å²) in [6.07, 6.45) is 7.38. The minimum atomic E-state index is 0.112. The van der Waals surface area contributed by atoms with E-state index in [1.807, 2.05) is 17.9 Å². The van der Waals surface area contributed by atoms with Crippen molar-refractivity contribution in [1.29, 1.82) is 0 Å². The molecule has 146 valence electrons. The largest absolute Gasteiger partial charge is 0.381 e. The number of aryl methyl sites for hydroxylation is 1. The molecule has 1 unspecified atom stereocenters. The molecule has 2 aliphatic rings. The maximum atomic E-state index is 5.58. The molecule has 0 aromatic carbocycles. The van der Waals surface area contributed by atoms with Crippen LogP contribution in [-0.4, -0.2) is 84.6 Å². The summed E-state index contributed by atoms with van der Waals surface area (Å²) in [6, 6.07) is 0. The number of ether oxygens (including phenoxy) is 1. The van der Waals surface area contributed by atoms with Crippen molar-refractivity contribution >= 4 is 5.96 Å². The van der Waals surface area contributed by atoms with Gasteiger partial charge >= 0.3 is 0 Å². The molecule has 1 aromatic heterocycles. The van der Waals surface area contributed by atoms with Gasteiger partial charge in [-0.2, -0.15) is 5.10 Å². The first kappa shape index (κ1) is 19.2. The summed E-state index contributed by atoms with van der Waals surface area (Å²) in [6.45, 7) is 7.57. The van der Waals surface area contributed by atoms with E-state index in [0.717, 1.165) is 64.6 Å². The Labute approximate surface area is 157 Å². The normalized spacial score (nSPS) is 23.7. The van der Waals surface area contributed by atoms with Crippen molar-refractivity contribution < 1.29 is 4.74 Å². The van der Waals surface area contributed by atoms with Crippen LogP contribution in [0.15, 0.2) is 17.4 Å². The molecule has 2 aliphatic heterocycles.